The third-order valence-corrected chi connectivity index (χ3v) is 5.93. The molecule has 0 saturated heterocycles. The molecule has 158 valence electrons. The predicted molar refractivity (Wildman–Crippen MR) is 107 cm³/mol. The number of fused-ring (bicyclic) bond motifs is 6. The van der Waals surface area contributed by atoms with Crippen molar-refractivity contribution < 1.29 is 198 Å². The molecule has 2 aromatic heterocycles. The van der Waals surface area contributed by atoms with Crippen LogP contribution in [0.2, 0.25) is 0 Å². The van der Waals surface area contributed by atoms with E-state index < -0.39 is 12.1 Å². The van der Waals surface area contributed by atoms with Gasteiger partial charge in [-0.15, -0.1) is 5.52 Å². The van der Waals surface area contributed by atoms with Gasteiger partial charge >= 0.3 is 181 Å². The van der Waals surface area contributed by atoms with Gasteiger partial charge in [-0.2, -0.15) is 12.1 Å². The average molecular weight is 675 g/mol. The summed E-state index contributed by atoms with van der Waals surface area (Å²) in [6.07, 6.45) is -0.958. The molecule has 3 aliphatic rings. The molecule has 3 aromatic rings. The molecule has 0 fully saturated rings. The van der Waals surface area contributed by atoms with Crippen LogP contribution in [0.5, 0.6) is 11.5 Å². The minimum absolute atomic E-state index is 0. The van der Waals surface area contributed by atoms with Crippen molar-refractivity contribution in [1.29, 1.82) is 0 Å². The molecule has 0 aliphatic carbocycles. The van der Waals surface area contributed by atoms with Gasteiger partial charge in [0.2, 0.25) is 0 Å². The second-order valence-electron chi connectivity index (χ2n) is 7.50. The van der Waals surface area contributed by atoms with Crippen molar-refractivity contribution in [1.82, 2.24) is 9.55 Å². The number of hydrogen-bond acceptors (Lipinski definition) is 7. The maximum atomic E-state index is 13.2. The predicted octanol–water partition coefficient (Wildman–Crippen LogP) is -6.89. The molecule has 6 rings (SSSR count). The van der Waals surface area contributed by atoms with Crippen molar-refractivity contribution >= 4 is 16.9 Å². The Balaban J connectivity index is 0.00000108. The number of rotatable bonds is 2. The maximum absolute atomic E-state index is 13.2. The molecule has 1 N–H and O–H groups in total. The zero-order valence-corrected chi connectivity index (χ0v) is 34.3. The summed E-state index contributed by atoms with van der Waals surface area (Å²) in [4.78, 5) is 30.1. The molecule has 0 spiro atoms. The Kier molecular flexibility index (Phi) is 11.2. The molecule has 5 heterocycles. The summed E-state index contributed by atoms with van der Waals surface area (Å²) >= 11 is 0. The fourth-order valence-electron chi connectivity index (χ4n) is 4.47. The van der Waals surface area contributed by atoms with Gasteiger partial charge < -0.3 is 34.2 Å². The molecular weight excluding hydrogens is 659 g/mol. The third kappa shape index (κ3) is 5.00. The fraction of sp³-hybridized carbons (Fsp3) is 0.318. The second-order valence-corrected chi connectivity index (χ2v) is 7.50. The number of carbonyl (C=O) groups is 1. The van der Waals surface area contributed by atoms with Crippen LogP contribution >= 0.6 is 0 Å². The number of aromatic nitrogens is 2. The van der Waals surface area contributed by atoms with Gasteiger partial charge in [0.05, 0.1) is 17.0 Å². The van der Waals surface area contributed by atoms with Crippen LogP contribution in [-0.4, -0.2) is 35.8 Å². The monoisotopic (exact) mass is 673 g/mol. The van der Waals surface area contributed by atoms with E-state index >= 15 is 0 Å². The van der Waals surface area contributed by atoms with Crippen LogP contribution in [0, 0.1) is 12.1 Å². The van der Waals surface area contributed by atoms with Crippen molar-refractivity contribution in [2.45, 2.75) is 25.8 Å². The summed E-state index contributed by atoms with van der Waals surface area (Å²) in [5.74, 6) is 0.365. The summed E-state index contributed by atoms with van der Waals surface area (Å²) in [5.41, 5.74) is 11.9. The number of pyridine rings is 2. The molecule has 0 radical (unpaired) electrons. The Hall–Kier alpha value is 1.99. The van der Waals surface area contributed by atoms with Crippen LogP contribution in [0.3, 0.4) is 0 Å². The maximum Gasteiger partial charge on any atom is 1.00 e. The molecule has 9 nitrogen and oxygen atoms in total. The molecule has 12 heteroatoms. The topological polar surface area (TPSA) is 113 Å². The summed E-state index contributed by atoms with van der Waals surface area (Å²) in [7, 11) is 1.40. The fourth-order valence-corrected chi connectivity index (χ4v) is 4.47. The average Bonchev–Trinajstić information content (AvgIpc) is 3.14. The number of carbonyl (C=O) groups excluding carboxylic acids is 1. The van der Waals surface area contributed by atoms with Crippen molar-refractivity contribution in [3.8, 4) is 22.9 Å². The van der Waals surface area contributed by atoms with Gasteiger partial charge in [-0.3, -0.25) is 4.79 Å². The first-order valence-electron chi connectivity index (χ1n) is 9.81. The number of ether oxygens (including phenoxy) is 4. The SMILES string of the molecule is COC1C(=O)OCc2c1cc1n(c2=O)Cc2c-1nc1[c-]c3c([c-]c1c2C[NH-])OCCO3.[Rb+].[Rb+].[Rb+]. The van der Waals surface area contributed by atoms with Crippen molar-refractivity contribution in [3.05, 3.63) is 56.5 Å². The molecule has 0 saturated carbocycles. The van der Waals surface area contributed by atoms with E-state index in [1.54, 1.807) is 10.6 Å². The van der Waals surface area contributed by atoms with Crippen molar-refractivity contribution in [3.63, 3.8) is 0 Å². The van der Waals surface area contributed by atoms with Crippen LogP contribution in [-0.2, 0) is 34.0 Å². The standard InChI is InChI=1S/C22H16N3O6.3Rb/c1-28-20-11-4-16-19-13(8-25(16)21(26)14(11)9-31-22(20)27)12(7-23)10-5-17-18(6-15(10)24-19)30-3-2-29-17;;;/h4,20,23H,2-3,7-9H2,1H3;;;/q-3;3*+1. The van der Waals surface area contributed by atoms with Crippen molar-refractivity contribution in [2.24, 2.45) is 0 Å². The van der Waals surface area contributed by atoms with E-state index in [-0.39, 0.29) is 200 Å². The summed E-state index contributed by atoms with van der Waals surface area (Å²) < 4.78 is 23.3. The number of benzene rings is 1. The quantitative estimate of drug-likeness (QED) is 0.154. The van der Waals surface area contributed by atoms with E-state index in [2.05, 4.69) is 12.1 Å². The summed E-state index contributed by atoms with van der Waals surface area (Å²) in [6, 6.07) is 8.08. The van der Waals surface area contributed by atoms with E-state index in [4.69, 9.17) is 29.7 Å². The largest absolute Gasteiger partial charge is 1.00 e. The molecule has 1 unspecified atom stereocenters. The molecule has 0 amide bonds. The third-order valence-electron chi connectivity index (χ3n) is 5.93. The number of hydrogen-bond donors (Lipinski definition) is 0. The molecular formula is C22H16N3O6Rb3. The number of methoxy groups -OCH3 is 1. The first kappa shape index (κ1) is 30.5. The van der Waals surface area contributed by atoms with E-state index in [0.717, 1.165) is 5.56 Å². The molecule has 1 atom stereocenters. The van der Waals surface area contributed by atoms with E-state index in [1.807, 2.05) is 0 Å². The van der Waals surface area contributed by atoms with Gasteiger partial charge in [-0.25, -0.2) is 22.3 Å². The smallest absolute Gasteiger partial charge is 0.682 e. The Bertz CT molecular complexity index is 1360. The van der Waals surface area contributed by atoms with Gasteiger partial charge in [0.15, 0.2) is 6.10 Å². The Morgan fingerprint density at radius 1 is 1.12 bits per heavy atom. The first-order valence-corrected chi connectivity index (χ1v) is 9.81. The molecule has 0 bridgehead atoms. The van der Waals surface area contributed by atoms with Crippen LogP contribution < -0.4 is 190 Å². The zero-order chi connectivity index (χ0) is 21.3. The Morgan fingerprint density at radius 3 is 2.50 bits per heavy atom. The Labute approximate surface area is 342 Å². The molecule has 3 aliphatic heterocycles. The Morgan fingerprint density at radius 2 is 1.82 bits per heavy atom. The number of nitrogens with one attached hydrogen (secondary N) is 1. The van der Waals surface area contributed by atoms with Gasteiger partial charge in [-0.1, -0.05) is 5.56 Å². The van der Waals surface area contributed by atoms with Gasteiger partial charge in [0.1, 0.15) is 19.8 Å². The van der Waals surface area contributed by atoms with Gasteiger partial charge in [0.25, 0.3) is 5.56 Å². The van der Waals surface area contributed by atoms with Crippen molar-refractivity contribution in [2.75, 3.05) is 20.3 Å². The minimum atomic E-state index is -0.958. The first-order chi connectivity index (χ1) is 15.1. The van der Waals surface area contributed by atoms with E-state index in [9.17, 15) is 9.59 Å². The summed E-state index contributed by atoms with van der Waals surface area (Å²) in [5, 5.41) is 0.636. The zero-order valence-electron chi connectivity index (χ0n) is 19.5. The van der Waals surface area contributed by atoms with Crippen LogP contribution in [0.25, 0.3) is 28.0 Å². The second kappa shape index (κ2) is 12.4. The van der Waals surface area contributed by atoms with Crippen LogP contribution in [0.15, 0.2) is 10.9 Å². The van der Waals surface area contributed by atoms with Crippen LogP contribution in [0.4, 0.5) is 0 Å². The number of esters is 1. The normalized spacial score (nSPS) is 16.8. The number of cyclic esters (lactones) is 1. The number of nitrogens with zero attached hydrogens (tertiary/aromatic N) is 2. The summed E-state index contributed by atoms with van der Waals surface area (Å²) in [6.45, 7) is 1.01. The molecule has 34 heavy (non-hydrogen) atoms. The van der Waals surface area contributed by atoms with E-state index in [0.29, 0.717) is 63.7 Å². The molecule has 1 aromatic carbocycles. The van der Waals surface area contributed by atoms with E-state index in [1.165, 1.54) is 7.11 Å². The van der Waals surface area contributed by atoms with Gasteiger partial charge in [-0.05, 0) is 17.6 Å². The minimum Gasteiger partial charge on any atom is -0.682 e. The van der Waals surface area contributed by atoms with Gasteiger partial charge in [0, 0.05) is 19.2 Å². The van der Waals surface area contributed by atoms with Crippen LogP contribution in [0.1, 0.15) is 28.4 Å².